The van der Waals surface area contributed by atoms with Crippen molar-refractivity contribution >= 4 is 33.2 Å². The highest BCUT2D eigenvalue weighted by Crippen LogP contribution is 2.21. The fourth-order valence-electron chi connectivity index (χ4n) is 1.88. The quantitative estimate of drug-likeness (QED) is 0.908. The number of rotatable bonds is 2. The molecule has 0 aliphatic rings. The van der Waals surface area contributed by atoms with Crippen LogP contribution >= 0.6 is 27.5 Å². The summed E-state index contributed by atoms with van der Waals surface area (Å²) in [5.41, 5.74) is 8.67. The maximum atomic E-state index is 12.2. The first-order valence-corrected chi connectivity index (χ1v) is 6.83. The number of nitrogens with two attached hydrogens (primary N) is 1. The van der Waals surface area contributed by atoms with Crippen molar-refractivity contribution in [3.8, 4) is 0 Å². The van der Waals surface area contributed by atoms with E-state index in [0.29, 0.717) is 21.9 Å². The second kappa shape index (κ2) is 5.02. The van der Waals surface area contributed by atoms with E-state index < -0.39 is 0 Å². The molecule has 0 saturated heterocycles. The SMILES string of the molecule is Cc1nn(C)c(Cl)c1Cn1cc(N)c(C)c(Br)c1=O. The number of aromatic nitrogens is 3. The average molecular weight is 346 g/mol. The van der Waals surface area contributed by atoms with Crippen molar-refractivity contribution in [3.63, 3.8) is 0 Å². The summed E-state index contributed by atoms with van der Waals surface area (Å²) >= 11 is 9.44. The first-order chi connectivity index (χ1) is 8.82. The van der Waals surface area contributed by atoms with Gasteiger partial charge in [0.1, 0.15) is 5.15 Å². The van der Waals surface area contributed by atoms with Crippen LogP contribution in [0, 0.1) is 13.8 Å². The zero-order valence-electron chi connectivity index (χ0n) is 10.9. The Bertz CT molecular complexity index is 705. The van der Waals surface area contributed by atoms with Crippen LogP contribution in [0.3, 0.4) is 0 Å². The second-order valence-electron chi connectivity index (χ2n) is 4.43. The van der Waals surface area contributed by atoms with Crippen molar-refractivity contribution in [2.24, 2.45) is 7.05 Å². The van der Waals surface area contributed by atoms with Crippen molar-refractivity contribution in [1.29, 1.82) is 0 Å². The Morgan fingerprint density at radius 3 is 2.63 bits per heavy atom. The van der Waals surface area contributed by atoms with Crippen molar-refractivity contribution in [2.45, 2.75) is 20.4 Å². The Balaban J connectivity index is 2.53. The number of nitrogen functional groups attached to an aromatic ring is 1. The lowest BCUT2D eigenvalue weighted by molar-refractivity contribution is 0.747. The first-order valence-electron chi connectivity index (χ1n) is 5.66. The summed E-state index contributed by atoms with van der Waals surface area (Å²) in [7, 11) is 1.76. The third-order valence-corrected chi connectivity index (χ3v) is 4.51. The Hall–Kier alpha value is -1.27. The molecule has 7 heteroatoms. The van der Waals surface area contributed by atoms with Gasteiger partial charge in [0.25, 0.3) is 5.56 Å². The van der Waals surface area contributed by atoms with Crippen LogP contribution in [0.1, 0.15) is 16.8 Å². The molecule has 0 atom stereocenters. The lowest BCUT2D eigenvalue weighted by atomic mass is 10.2. The van der Waals surface area contributed by atoms with Gasteiger partial charge in [-0.2, -0.15) is 5.10 Å². The van der Waals surface area contributed by atoms with Gasteiger partial charge in [-0.15, -0.1) is 0 Å². The second-order valence-corrected chi connectivity index (χ2v) is 5.59. The molecule has 0 aromatic carbocycles. The minimum atomic E-state index is -0.133. The van der Waals surface area contributed by atoms with E-state index in [9.17, 15) is 4.79 Å². The molecule has 102 valence electrons. The van der Waals surface area contributed by atoms with E-state index in [-0.39, 0.29) is 5.56 Å². The summed E-state index contributed by atoms with van der Waals surface area (Å²) in [5, 5.41) is 4.75. The van der Waals surface area contributed by atoms with Gasteiger partial charge in [0.2, 0.25) is 0 Å². The first kappa shape index (κ1) is 14.1. The zero-order valence-corrected chi connectivity index (χ0v) is 13.2. The molecular weight excluding hydrogens is 332 g/mol. The third-order valence-electron chi connectivity index (χ3n) is 3.10. The lowest BCUT2D eigenvalue weighted by Gasteiger charge is -2.10. The molecule has 0 saturated carbocycles. The standard InChI is InChI=1S/C12H14BrClN4O/c1-6-9(15)5-18(12(19)10(6)13)4-8-7(2)16-17(3)11(8)14/h5H,4,15H2,1-3H3. The predicted molar refractivity (Wildman–Crippen MR) is 79.6 cm³/mol. The molecule has 2 rings (SSSR count). The largest absolute Gasteiger partial charge is 0.397 e. The van der Waals surface area contributed by atoms with E-state index >= 15 is 0 Å². The Labute approximate surface area is 124 Å². The molecular formula is C12H14BrClN4O. The van der Waals surface area contributed by atoms with Crippen molar-refractivity contribution in [1.82, 2.24) is 14.3 Å². The van der Waals surface area contributed by atoms with Crippen LogP contribution in [-0.2, 0) is 13.6 Å². The molecule has 2 N–H and O–H groups in total. The maximum Gasteiger partial charge on any atom is 0.265 e. The Morgan fingerprint density at radius 2 is 2.11 bits per heavy atom. The van der Waals surface area contributed by atoms with E-state index in [4.69, 9.17) is 17.3 Å². The van der Waals surface area contributed by atoms with E-state index in [2.05, 4.69) is 21.0 Å². The zero-order chi connectivity index (χ0) is 14.3. The van der Waals surface area contributed by atoms with Gasteiger partial charge in [-0.1, -0.05) is 11.6 Å². The highest BCUT2D eigenvalue weighted by atomic mass is 79.9. The minimum Gasteiger partial charge on any atom is -0.397 e. The van der Waals surface area contributed by atoms with Crippen LogP contribution in [0.15, 0.2) is 15.5 Å². The monoisotopic (exact) mass is 344 g/mol. The molecule has 0 radical (unpaired) electrons. The van der Waals surface area contributed by atoms with Crippen LogP contribution in [0.25, 0.3) is 0 Å². The summed E-state index contributed by atoms with van der Waals surface area (Å²) in [6.07, 6.45) is 1.63. The van der Waals surface area contributed by atoms with Crippen LogP contribution in [0.4, 0.5) is 5.69 Å². The highest BCUT2D eigenvalue weighted by Gasteiger charge is 2.14. The molecule has 0 amide bonds. The summed E-state index contributed by atoms with van der Waals surface area (Å²) in [6, 6.07) is 0. The summed E-state index contributed by atoms with van der Waals surface area (Å²) in [5.74, 6) is 0. The molecule has 2 aromatic rings. The number of halogens is 2. The number of anilines is 1. The third kappa shape index (κ3) is 2.42. The van der Waals surface area contributed by atoms with Crippen LogP contribution in [0.5, 0.6) is 0 Å². The number of hydrogen-bond acceptors (Lipinski definition) is 3. The average Bonchev–Trinajstić information content (AvgIpc) is 2.60. The molecule has 19 heavy (non-hydrogen) atoms. The molecule has 2 aromatic heterocycles. The summed E-state index contributed by atoms with van der Waals surface area (Å²) in [4.78, 5) is 12.2. The van der Waals surface area contributed by atoms with Gasteiger partial charge >= 0.3 is 0 Å². The number of hydrogen-bond donors (Lipinski definition) is 1. The number of pyridine rings is 1. The molecule has 0 aliphatic heterocycles. The molecule has 0 spiro atoms. The molecule has 5 nitrogen and oxygen atoms in total. The van der Waals surface area contributed by atoms with Gasteiger partial charge in [0.05, 0.1) is 22.4 Å². The van der Waals surface area contributed by atoms with E-state index in [1.807, 2.05) is 6.92 Å². The number of nitrogens with zero attached hydrogens (tertiary/aromatic N) is 3. The Kier molecular flexibility index (Phi) is 3.73. The number of aryl methyl sites for hydroxylation is 2. The smallest absolute Gasteiger partial charge is 0.265 e. The van der Waals surface area contributed by atoms with Gasteiger partial charge in [0.15, 0.2) is 0 Å². The topological polar surface area (TPSA) is 65.8 Å². The van der Waals surface area contributed by atoms with Crippen LogP contribution < -0.4 is 11.3 Å². The maximum absolute atomic E-state index is 12.2. The molecule has 0 bridgehead atoms. The van der Waals surface area contributed by atoms with Crippen LogP contribution in [-0.4, -0.2) is 14.3 Å². The molecule has 0 aliphatic carbocycles. The van der Waals surface area contributed by atoms with Crippen molar-refractivity contribution in [3.05, 3.63) is 43.0 Å². The lowest BCUT2D eigenvalue weighted by Crippen LogP contribution is -2.23. The van der Waals surface area contributed by atoms with Crippen molar-refractivity contribution < 1.29 is 0 Å². The van der Waals surface area contributed by atoms with Crippen molar-refractivity contribution in [2.75, 3.05) is 5.73 Å². The van der Waals surface area contributed by atoms with E-state index in [1.165, 1.54) is 4.57 Å². The summed E-state index contributed by atoms with van der Waals surface area (Å²) < 4.78 is 3.59. The molecule has 2 heterocycles. The van der Waals surface area contributed by atoms with Crippen LogP contribution in [0.2, 0.25) is 5.15 Å². The van der Waals surface area contributed by atoms with Gasteiger partial charge in [-0.3, -0.25) is 9.48 Å². The van der Waals surface area contributed by atoms with Gasteiger partial charge < -0.3 is 10.3 Å². The normalized spacial score (nSPS) is 11.0. The Morgan fingerprint density at radius 1 is 1.47 bits per heavy atom. The fourth-order valence-corrected chi connectivity index (χ4v) is 2.57. The summed E-state index contributed by atoms with van der Waals surface area (Å²) in [6.45, 7) is 4.01. The molecule has 0 fully saturated rings. The minimum absolute atomic E-state index is 0.133. The molecule has 0 unspecified atom stereocenters. The van der Waals surface area contributed by atoms with E-state index in [1.54, 1.807) is 24.9 Å². The predicted octanol–water partition coefficient (Wildman–Crippen LogP) is 2.25. The van der Waals surface area contributed by atoms with Gasteiger partial charge in [-0.25, -0.2) is 0 Å². The van der Waals surface area contributed by atoms with Gasteiger partial charge in [0, 0.05) is 18.8 Å². The highest BCUT2D eigenvalue weighted by molar-refractivity contribution is 9.10. The fraction of sp³-hybridized carbons (Fsp3) is 0.333. The van der Waals surface area contributed by atoms with E-state index in [0.717, 1.165) is 16.8 Å². The van der Waals surface area contributed by atoms with Gasteiger partial charge in [-0.05, 0) is 35.3 Å².